The smallest absolute Gasteiger partial charge is 0.325 e. The molecule has 0 aliphatic heterocycles. The fourth-order valence-corrected chi connectivity index (χ4v) is 1.64. The molecule has 0 bridgehead atoms. The molecule has 2 rings (SSSR count). The molecule has 0 unspecified atom stereocenters. The van der Waals surface area contributed by atoms with Crippen molar-refractivity contribution in [3.8, 4) is 5.75 Å². The fourth-order valence-electron chi connectivity index (χ4n) is 1.64. The predicted octanol–water partition coefficient (Wildman–Crippen LogP) is 2.08. The van der Waals surface area contributed by atoms with E-state index in [9.17, 15) is 0 Å². The molecule has 0 aliphatic rings. The van der Waals surface area contributed by atoms with Crippen molar-refractivity contribution in [2.24, 2.45) is 0 Å². The Bertz CT molecular complexity index is 577. The van der Waals surface area contributed by atoms with Gasteiger partial charge < -0.3 is 15.3 Å². The van der Waals surface area contributed by atoms with Crippen LogP contribution >= 0.6 is 12.6 Å². The second kappa shape index (κ2) is 13.5. The maximum atomic E-state index is 8.45. The van der Waals surface area contributed by atoms with Gasteiger partial charge in [-0.2, -0.15) is 23.1 Å². The number of anilines is 1. The summed E-state index contributed by atoms with van der Waals surface area (Å²) in [6, 6.07) is 15.5. The first kappa shape index (κ1) is 20.8. The Hall–Kier alpha value is -2.18. The lowest BCUT2D eigenvalue weighted by molar-refractivity contribution is -0.358. The van der Waals surface area contributed by atoms with Crippen molar-refractivity contribution in [1.82, 2.24) is 5.48 Å². The van der Waals surface area contributed by atoms with Gasteiger partial charge in [-0.25, -0.2) is 0 Å². The van der Waals surface area contributed by atoms with E-state index in [0.29, 0.717) is 5.75 Å². The van der Waals surface area contributed by atoms with Gasteiger partial charge >= 0.3 is 6.40 Å². The maximum absolute atomic E-state index is 8.45. The Balaban J connectivity index is 0.000000392. The molecule has 126 valence electrons. The number of nitrogens with one attached hydrogen (secondary N) is 3. The Kier molecular flexibility index (Phi) is 12.2. The summed E-state index contributed by atoms with van der Waals surface area (Å²) in [6.07, 6.45) is 2.57. The highest BCUT2D eigenvalue weighted by Crippen LogP contribution is 2.11. The van der Waals surface area contributed by atoms with Crippen molar-refractivity contribution in [3.63, 3.8) is 0 Å². The molecule has 5 nitrogen and oxygen atoms in total. The number of aliphatic hydroxyl groups is 1. The van der Waals surface area contributed by atoms with E-state index in [1.165, 1.54) is 11.3 Å². The lowest BCUT2D eigenvalue weighted by Crippen LogP contribution is -2.61. The lowest BCUT2D eigenvalue weighted by Gasteiger charge is -2.00. The minimum absolute atomic E-state index is 0.685. The Labute approximate surface area is 143 Å². The van der Waals surface area contributed by atoms with Crippen LogP contribution in [-0.2, 0) is 0 Å². The summed E-state index contributed by atoms with van der Waals surface area (Å²) in [7, 11) is 3.60. The highest BCUT2D eigenvalue weighted by molar-refractivity contribution is 7.79. The van der Waals surface area contributed by atoms with Crippen LogP contribution in [0.5, 0.6) is 5.75 Å². The maximum Gasteiger partial charge on any atom is 0.325 e. The van der Waals surface area contributed by atoms with Gasteiger partial charge in [0.1, 0.15) is 0 Å². The minimum Gasteiger partial charge on any atom is -0.465 e. The molecule has 6 heteroatoms. The zero-order valence-corrected chi connectivity index (χ0v) is 14.9. The van der Waals surface area contributed by atoms with Crippen LogP contribution in [-0.4, -0.2) is 31.9 Å². The van der Waals surface area contributed by atoms with Crippen LogP contribution in [0.3, 0.4) is 0 Å². The molecular weight excluding hydrogens is 310 g/mol. The normalized spacial score (nSPS) is 9.26. The van der Waals surface area contributed by atoms with Crippen molar-refractivity contribution in [1.29, 1.82) is 0 Å². The number of rotatable bonds is 4. The zero-order chi connectivity index (χ0) is 17.5. The first-order chi connectivity index (χ1) is 11.2. The molecular formula is C17H26N3O2S+. The molecule has 4 N–H and O–H groups in total. The van der Waals surface area contributed by atoms with Crippen LogP contribution in [0.2, 0.25) is 0 Å². The van der Waals surface area contributed by atoms with Crippen LogP contribution in [0.1, 0.15) is 5.56 Å². The first-order valence-corrected chi connectivity index (χ1v) is 7.94. The van der Waals surface area contributed by atoms with Crippen LogP contribution < -0.4 is 20.6 Å². The SMILES string of the molecule is CNOc1cccc([NH+]=CO)c1.CNc1cccc(C)c1.CS. The molecule has 0 heterocycles. The standard InChI is InChI=1S/C8H10N2O2.C8H11N.CH4S/c1-9-12-8-4-2-3-7(5-8)10-6-11;1-7-4-3-5-8(6-7)9-2;1-2/h2-6,9H,1H3,(H,10,11);3-6,9H,1-2H3;2H,1H3/p+1. The summed E-state index contributed by atoms with van der Waals surface area (Å²) in [6.45, 7) is 2.08. The van der Waals surface area contributed by atoms with E-state index in [2.05, 4.69) is 47.5 Å². The largest absolute Gasteiger partial charge is 0.465 e. The van der Waals surface area contributed by atoms with Crippen molar-refractivity contribution in [2.75, 3.05) is 25.7 Å². The first-order valence-electron chi connectivity index (χ1n) is 7.05. The van der Waals surface area contributed by atoms with E-state index in [1.807, 2.05) is 31.3 Å². The zero-order valence-electron chi connectivity index (χ0n) is 14.0. The Morgan fingerprint density at radius 1 is 1.09 bits per heavy atom. The molecule has 0 fully saturated rings. The summed E-state index contributed by atoms with van der Waals surface area (Å²) in [4.78, 5) is 7.64. The van der Waals surface area contributed by atoms with Gasteiger partial charge in [-0.05, 0) is 36.9 Å². The monoisotopic (exact) mass is 336 g/mol. The molecule has 2 aromatic rings. The number of aryl methyl sites for hydroxylation is 1. The van der Waals surface area contributed by atoms with Crippen LogP contribution in [0, 0.1) is 6.92 Å². The van der Waals surface area contributed by atoms with Gasteiger partial charge in [0.25, 0.3) is 0 Å². The van der Waals surface area contributed by atoms with Crippen LogP contribution in [0.4, 0.5) is 11.4 Å². The van der Waals surface area contributed by atoms with Crippen LogP contribution in [0.25, 0.3) is 0 Å². The van der Waals surface area contributed by atoms with E-state index in [4.69, 9.17) is 9.94 Å². The molecule has 0 saturated carbocycles. The second-order valence-electron chi connectivity index (χ2n) is 4.23. The van der Waals surface area contributed by atoms with Crippen molar-refractivity contribution in [3.05, 3.63) is 54.1 Å². The molecule has 0 spiro atoms. The summed E-state index contributed by atoms with van der Waals surface area (Å²) < 4.78 is 0. The molecule has 0 aromatic heterocycles. The summed E-state index contributed by atoms with van der Waals surface area (Å²) in [5, 5.41) is 11.5. The third-order valence-electron chi connectivity index (χ3n) is 2.59. The number of thiol groups is 1. The van der Waals surface area contributed by atoms with E-state index < -0.39 is 0 Å². The predicted molar refractivity (Wildman–Crippen MR) is 101 cm³/mol. The molecule has 0 saturated heterocycles. The molecule has 0 aliphatic carbocycles. The average molecular weight is 336 g/mol. The van der Waals surface area contributed by atoms with Gasteiger partial charge in [-0.3, -0.25) is 0 Å². The third-order valence-corrected chi connectivity index (χ3v) is 2.59. The summed E-state index contributed by atoms with van der Waals surface area (Å²) in [5.74, 6) is 0.685. The van der Waals surface area contributed by atoms with E-state index in [1.54, 1.807) is 25.4 Å². The second-order valence-corrected chi connectivity index (χ2v) is 4.23. The number of hydrogen-bond donors (Lipinski definition) is 5. The molecule has 0 radical (unpaired) electrons. The van der Waals surface area contributed by atoms with Crippen molar-refractivity contribution < 1.29 is 14.9 Å². The quantitative estimate of drug-likeness (QED) is 0.257. The lowest BCUT2D eigenvalue weighted by atomic mass is 10.2. The number of hydroxylamine groups is 1. The van der Waals surface area contributed by atoms with E-state index >= 15 is 0 Å². The highest BCUT2D eigenvalue weighted by Gasteiger charge is 1.97. The highest BCUT2D eigenvalue weighted by atomic mass is 32.1. The molecule has 0 atom stereocenters. The van der Waals surface area contributed by atoms with Gasteiger partial charge in [0.2, 0.25) is 5.69 Å². The van der Waals surface area contributed by atoms with Gasteiger partial charge in [-0.15, -0.1) is 0 Å². The van der Waals surface area contributed by atoms with Crippen LogP contribution in [0.15, 0.2) is 48.5 Å². The topological polar surface area (TPSA) is 67.5 Å². The van der Waals surface area contributed by atoms with Gasteiger partial charge in [0, 0.05) is 25.8 Å². The Morgan fingerprint density at radius 2 is 1.78 bits per heavy atom. The number of hydrogen-bond acceptors (Lipinski definition) is 4. The number of aliphatic hydroxyl groups excluding tert-OH is 1. The number of benzene rings is 2. The van der Waals surface area contributed by atoms with Gasteiger partial charge in [0.15, 0.2) is 5.75 Å². The fraction of sp³-hybridized carbons (Fsp3) is 0.235. The van der Waals surface area contributed by atoms with Crippen molar-refractivity contribution in [2.45, 2.75) is 6.92 Å². The van der Waals surface area contributed by atoms with E-state index in [0.717, 1.165) is 12.1 Å². The minimum atomic E-state index is 0.685. The molecule has 23 heavy (non-hydrogen) atoms. The average Bonchev–Trinajstić information content (AvgIpc) is 2.58. The summed E-state index contributed by atoms with van der Waals surface area (Å²) >= 11 is 3.53. The van der Waals surface area contributed by atoms with Gasteiger partial charge in [-0.1, -0.05) is 18.2 Å². The molecule has 2 aromatic carbocycles. The molecule has 0 amide bonds. The van der Waals surface area contributed by atoms with E-state index in [-0.39, 0.29) is 0 Å². The summed E-state index contributed by atoms with van der Waals surface area (Å²) in [5.41, 5.74) is 5.79. The third kappa shape index (κ3) is 9.44. The van der Waals surface area contributed by atoms with Crippen molar-refractivity contribution >= 4 is 30.4 Å². The Morgan fingerprint density at radius 3 is 2.30 bits per heavy atom. The van der Waals surface area contributed by atoms with Gasteiger partial charge in [0.05, 0.1) is 6.07 Å².